The summed E-state index contributed by atoms with van der Waals surface area (Å²) in [6.45, 7) is 0. The van der Waals surface area contributed by atoms with Crippen LogP contribution in [0.4, 0.5) is 0 Å². The first-order valence-electron chi connectivity index (χ1n) is 5.56. The number of hydrogen-bond acceptors (Lipinski definition) is 6. The van der Waals surface area contributed by atoms with E-state index in [0.717, 1.165) is 24.3 Å². The van der Waals surface area contributed by atoms with Crippen LogP contribution in [0.25, 0.3) is 41.8 Å². The van der Waals surface area contributed by atoms with Gasteiger partial charge < -0.3 is 0 Å². The standard InChI is InChI=1S/C6H4N6O4S2.N6O2S/c7-9-11-17(13,14)5-2-1-3-6(4-5)18(15,16)12-10-8;1-3-5-9(7,8)6-4-2/h1-4H;. The van der Waals surface area contributed by atoms with Gasteiger partial charge in [-0.2, -0.15) is 0 Å². The Bertz CT molecular complexity index is 1140. The second kappa shape index (κ2) is 9.70. The van der Waals surface area contributed by atoms with Gasteiger partial charge in [-0.1, -0.05) is 6.07 Å². The fraction of sp³-hybridized carbons (Fsp3) is 0. The number of azide groups is 3. The molecular formula is C6H4N12O6S3. The highest BCUT2D eigenvalue weighted by atomic mass is 32.2. The molecule has 0 amide bonds. The van der Waals surface area contributed by atoms with Gasteiger partial charge in [-0.05, 0) is 40.3 Å². The number of nitrogens with zero attached hydrogens (tertiary/aromatic N) is 12. The Labute approximate surface area is 149 Å². The fourth-order valence-electron chi connectivity index (χ4n) is 1.09. The van der Waals surface area contributed by atoms with Gasteiger partial charge >= 0.3 is 10.2 Å². The summed E-state index contributed by atoms with van der Waals surface area (Å²) in [5.41, 5.74) is 31.2. The van der Waals surface area contributed by atoms with E-state index in [4.69, 9.17) is 22.1 Å². The Morgan fingerprint density at radius 3 is 1.26 bits per heavy atom. The molecule has 21 heteroatoms. The Morgan fingerprint density at radius 1 is 0.630 bits per heavy atom. The smallest absolute Gasteiger partial charge is 0.216 e. The van der Waals surface area contributed by atoms with Crippen LogP contribution >= 0.6 is 0 Å². The maximum absolute atomic E-state index is 11.4. The zero-order valence-electron chi connectivity index (χ0n) is 12.4. The molecule has 0 spiro atoms. The summed E-state index contributed by atoms with van der Waals surface area (Å²) >= 11 is 0. The minimum absolute atomic E-state index is 0.519. The summed E-state index contributed by atoms with van der Waals surface area (Å²) < 4.78 is 74.8. The highest BCUT2D eigenvalue weighted by molar-refractivity contribution is 7.90. The molecule has 0 bridgehead atoms. The van der Waals surface area contributed by atoms with Crippen molar-refractivity contribution < 1.29 is 25.3 Å². The summed E-state index contributed by atoms with van der Waals surface area (Å²) in [5.74, 6) is 0. The second-order valence-electron chi connectivity index (χ2n) is 3.56. The van der Waals surface area contributed by atoms with E-state index in [1.165, 1.54) is 0 Å². The Balaban J connectivity index is 0.000000636. The van der Waals surface area contributed by atoms with Crippen LogP contribution in [0.1, 0.15) is 0 Å². The molecule has 1 aromatic rings. The fourth-order valence-corrected chi connectivity index (χ4v) is 2.82. The zero-order chi connectivity index (χ0) is 21.1. The van der Waals surface area contributed by atoms with Crippen molar-refractivity contribution in [3.05, 3.63) is 66.0 Å². The first kappa shape index (κ1) is 23.3. The molecule has 0 saturated carbocycles. The van der Waals surface area contributed by atoms with Crippen LogP contribution < -0.4 is 0 Å². The first-order chi connectivity index (χ1) is 12.5. The molecule has 0 aliphatic rings. The molecule has 0 heterocycles. The molecule has 0 fully saturated rings. The van der Waals surface area contributed by atoms with Crippen LogP contribution in [0.5, 0.6) is 0 Å². The van der Waals surface area contributed by atoms with E-state index in [1.807, 2.05) is 9.82 Å². The Kier molecular flexibility index (Phi) is 8.38. The summed E-state index contributed by atoms with van der Waals surface area (Å²) in [5, 5.41) is 0. The van der Waals surface area contributed by atoms with Gasteiger partial charge in [0.1, 0.15) is 0 Å². The van der Waals surface area contributed by atoms with Gasteiger partial charge in [0.25, 0.3) is 20.0 Å². The van der Waals surface area contributed by atoms with Gasteiger partial charge in [0, 0.05) is 37.7 Å². The topological polar surface area (TPSA) is 297 Å². The average molecular weight is 436 g/mol. The van der Waals surface area contributed by atoms with Crippen molar-refractivity contribution in [3.8, 4) is 0 Å². The van der Waals surface area contributed by atoms with Crippen LogP contribution in [0.3, 0.4) is 0 Å². The molecule has 0 radical (unpaired) electrons. The molecule has 0 N–H and O–H groups in total. The monoisotopic (exact) mass is 436 g/mol. The third-order valence-corrected chi connectivity index (χ3v) is 4.80. The molecule has 142 valence electrons. The molecule has 27 heavy (non-hydrogen) atoms. The van der Waals surface area contributed by atoms with E-state index in [0.29, 0.717) is 0 Å². The lowest BCUT2D eigenvalue weighted by molar-refractivity contribution is 0.594. The lowest BCUT2D eigenvalue weighted by Gasteiger charge is -2.00. The Morgan fingerprint density at radius 2 is 0.963 bits per heavy atom. The van der Waals surface area contributed by atoms with Gasteiger partial charge in [0.05, 0.1) is 9.79 Å². The Hall–Kier alpha value is -3.69. The number of benzene rings is 1. The molecule has 0 unspecified atom stereocenters. The van der Waals surface area contributed by atoms with Crippen LogP contribution in [0.2, 0.25) is 0 Å². The maximum Gasteiger partial charge on any atom is 0.321 e. The SMILES string of the molecule is [N-]=[N+]=NS(=O)(=O)N=[N+]=[N-].[N-]=[N+]=NS(=O)(=O)c1cccc(S(=O)(=O)N=[N+]=[N-])c1. The van der Waals surface area contributed by atoms with Gasteiger partial charge in [0.15, 0.2) is 0 Å². The largest absolute Gasteiger partial charge is 0.321 e. The average Bonchev–Trinajstić information content (AvgIpc) is 2.55. The molecule has 0 atom stereocenters. The molecular weight excluding hydrogens is 432 g/mol. The van der Waals surface area contributed by atoms with E-state index < -0.39 is 40.0 Å². The van der Waals surface area contributed by atoms with Crippen molar-refractivity contribution in [1.82, 2.24) is 0 Å². The molecule has 0 aromatic heterocycles. The molecule has 1 rings (SSSR count). The summed E-state index contributed by atoms with van der Waals surface area (Å²) in [7, 11) is -12.9. The zero-order valence-corrected chi connectivity index (χ0v) is 14.8. The maximum atomic E-state index is 11.4. The number of sulfonamides is 2. The first-order valence-corrected chi connectivity index (χ1v) is 9.84. The molecule has 18 nitrogen and oxygen atoms in total. The van der Waals surface area contributed by atoms with Crippen LogP contribution in [0.15, 0.2) is 52.1 Å². The quantitative estimate of drug-likeness (QED) is 0.366. The molecule has 0 aliphatic heterocycles. The molecule has 0 aliphatic carbocycles. The highest BCUT2D eigenvalue weighted by Gasteiger charge is 2.17. The van der Waals surface area contributed by atoms with Crippen LogP contribution in [-0.2, 0) is 30.3 Å². The normalized spacial score (nSPS) is 10.4. The van der Waals surface area contributed by atoms with Gasteiger partial charge in [-0.15, -0.1) is 0 Å². The van der Waals surface area contributed by atoms with Crippen molar-refractivity contribution in [2.45, 2.75) is 9.79 Å². The van der Waals surface area contributed by atoms with Crippen molar-refractivity contribution in [1.29, 1.82) is 0 Å². The van der Waals surface area contributed by atoms with Crippen molar-refractivity contribution in [3.63, 3.8) is 0 Å². The molecule has 1 aromatic carbocycles. The van der Waals surface area contributed by atoms with Gasteiger partial charge in [0.2, 0.25) is 0 Å². The lowest BCUT2D eigenvalue weighted by Crippen LogP contribution is -2.00. The number of rotatable bonds is 6. The third kappa shape index (κ3) is 7.82. The predicted molar refractivity (Wildman–Crippen MR) is 86.3 cm³/mol. The van der Waals surface area contributed by atoms with E-state index >= 15 is 0 Å². The second-order valence-corrected chi connectivity index (χ2v) is 7.95. The highest BCUT2D eigenvalue weighted by Crippen LogP contribution is 2.19. The van der Waals surface area contributed by atoms with Gasteiger partial charge in [-0.25, -0.2) is 25.3 Å². The van der Waals surface area contributed by atoms with E-state index in [9.17, 15) is 25.3 Å². The van der Waals surface area contributed by atoms with Crippen molar-refractivity contribution in [2.75, 3.05) is 0 Å². The lowest BCUT2D eigenvalue weighted by atomic mass is 10.4. The minimum atomic E-state index is -4.30. The predicted octanol–water partition coefficient (Wildman–Crippen LogP) is 2.54. The summed E-state index contributed by atoms with van der Waals surface area (Å²) in [6, 6.07) is 3.92. The summed E-state index contributed by atoms with van der Waals surface area (Å²) in [4.78, 5) is 6.99. The van der Waals surface area contributed by atoms with Gasteiger partial charge in [-0.3, -0.25) is 0 Å². The van der Waals surface area contributed by atoms with Crippen molar-refractivity contribution in [2.24, 2.45) is 18.1 Å². The van der Waals surface area contributed by atoms with E-state index in [2.05, 4.69) is 27.9 Å². The summed E-state index contributed by atoms with van der Waals surface area (Å²) in [6.07, 6.45) is 0. The van der Waals surface area contributed by atoms with Crippen LogP contribution in [0, 0.1) is 0 Å². The van der Waals surface area contributed by atoms with Crippen LogP contribution in [-0.4, -0.2) is 25.3 Å². The number of hydrogen-bond donors (Lipinski definition) is 0. The van der Waals surface area contributed by atoms with E-state index in [1.54, 1.807) is 0 Å². The minimum Gasteiger partial charge on any atom is -0.216 e. The van der Waals surface area contributed by atoms with Crippen molar-refractivity contribution >= 4 is 30.3 Å². The molecule has 0 saturated heterocycles. The van der Waals surface area contributed by atoms with E-state index in [-0.39, 0.29) is 0 Å². The third-order valence-electron chi connectivity index (χ3n) is 1.97.